The lowest BCUT2D eigenvalue weighted by Gasteiger charge is -2.23. The lowest BCUT2D eigenvalue weighted by molar-refractivity contribution is -0.134. The number of hydrogen-bond donors (Lipinski definition) is 2. The van der Waals surface area contributed by atoms with E-state index in [1.807, 2.05) is 24.3 Å². The molecule has 2 fully saturated rings. The van der Waals surface area contributed by atoms with Crippen LogP contribution in [-0.2, 0) is 15.0 Å². The van der Waals surface area contributed by atoms with Crippen molar-refractivity contribution in [3.8, 4) is 0 Å². The van der Waals surface area contributed by atoms with Gasteiger partial charge in [-0.15, -0.1) is 0 Å². The van der Waals surface area contributed by atoms with Crippen LogP contribution in [0.3, 0.4) is 0 Å². The highest BCUT2D eigenvalue weighted by molar-refractivity contribution is 5.89. The zero-order chi connectivity index (χ0) is 27.1. The van der Waals surface area contributed by atoms with Crippen LogP contribution in [0.5, 0.6) is 0 Å². The molecule has 1 heterocycles. The minimum absolute atomic E-state index is 0.159. The quantitative estimate of drug-likeness (QED) is 0.346. The van der Waals surface area contributed by atoms with Gasteiger partial charge in [-0.05, 0) is 72.7 Å². The van der Waals surface area contributed by atoms with Gasteiger partial charge in [0.15, 0.2) is 0 Å². The molecule has 1 saturated heterocycles. The third-order valence-electron chi connectivity index (χ3n) is 7.45. The normalized spacial score (nSPS) is 20.1. The highest BCUT2D eigenvalue weighted by Crippen LogP contribution is 2.58. The van der Waals surface area contributed by atoms with Gasteiger partial charge in [-0.2, -0.15) is 0 Å². The minimum atomic E-state index is -1.26. The van der Waals surface area contributed by atoms with Crippen molar-refractivity contribution in [3.63, 3.8) is 0 Å². The highest BCUT2D eigenvalue weighted by Gasteiger charge is 2.60. The highest BCUT2D eigenvalue weighted by atomic mass is 19.1. The molecule has 5 rings (SSSR count). The SMILES string of the molecule is Fc1ccc(C(CCCN2CC3CC3(c3ccccc3)C2)c2ccc(F)cc2)cc1.O=C(O)/C=C/C(=O)O. The summed E-state index contributed by atoms with van der Waals surface area (Å²) in [6, 6.07) is 24.5. The molecular formula is C31H31F2NO4. The van der Waals surface area contributed by atoms with Crippen molar-refractivity contribution < 1.29 is 28.6 Å². The Morgan fingerprint density at radius 3 is 1.89 bits per heavy atom. The Labute approximate surface area is 221 Å². The molecule has 1 aliphatic carbocycles. The molecule has 1 aliphatic heterocycles. The molecule has 0 amide bonds. The van der Waals surface area contributed by atoms with Crippen LogP contribution >= 0.6 is 0 Å². The number of benzene rings is 3. The van der Waals surface area contributed by atoms with Gasteiger partial charge >= 0.3 is 11.9 Å². The van der Waals surface area contributed by atoms with Gasteiger partial charge in [-0.3, -0.25) is 0 Å². The lowest BCUT2D eigenvalue weighted by atomic mass is 9.87. The second-order valence-corrected chi connectivity index (χ2v) is 9.97. The topological polar surface area (TPSA) is 77.8 Å². The molecule has 0 radical (unpaired) electrons. The molecule has 2 aliphatic rings. The van der Waals surface area contributed by atoms with E-state index in [4.69, 9.17) is 10.2 Å². The van der Waals surface area contributed by atoms with Gasteiger partial charge in [0.05, 0.1) is 0 Å². The summed E-state index contributed by atoms with van der Waals surface area (Å²) in [7, 11) is 0. The van der Waals surface area contributed by atoms with Crippen LogP contribution in [0, 0.1) is 17.6 Å². The summed E-state index contributed by atoms with van der Waals surface area (Å²) in [4.78, 5) is 21.7. The number of likely N-dealkylation sites (tertiary alicyclic amines) is 1. The summed E-state index contributed by atoms with van der Waals surface area (Å²) >= 11 is 0. The van der Waals surface area contributed by atoms with Gasteiger partial charge in [0.2, 0.25) is 0 Å². The van der Waals surface area contributed by atoms with Crippen LogP contribution in [0.1, 0.15) is 41.9 Å². The molecule has 3 aromatic carbocycles. The fraction of sp³-hybridized carbons (Fsp3) is 0.290. The summed E-state index contributed by atoms with van der Waals surface area (Å²) in [5.41, 5.74) is 4.06. The number of carboxylic acids is 2. The van der Waals surface area contributed by atoms with Crippen LogP contribution in [0.15, 0.2) is 91.0 Å². The van der Waals surface area contributed by atoms with Gasteiger partial charge in [0, 0.05) is 36.6 Å². The van der Waals surface area contributed by atoms with E-state index in [0.717, 1.165) is 43.0 Å². The maximum Gasteiger partial charge on any atom is 0.328 e. The summed E-state index contributed by atoms with van der Waals surface area (Å²) in [5.74, 6) is -2.01. The molecule has 0 bridgehead atoms. The van der Waals surface area contributed by atoms with Crippen molar-refractivity contribution in [1.82, 2.24) is 4.90 Å². The maximum atomic E-state index is 13.4. The third-order valence-corrected chi connectivity index (χ3v) is 7.45. The zero-order valence-corrected chi connectivity index (χ0v) is 21.0. The van der Waals surface area contributed by atoms with Crippen molar-refractivity contribution in [2.75, 3.05) is 19.6 Å². The van der Waals surface area contributed by atoms with Crippen molar-refractivity contribution in [2.24, 2.45) is 5.92 Å². The van der Waals surface area contributed by atoms with E-state index in [-0.39, 0.29) is 17.6 Å². The summed E-state index contributed by atoms with van der Waals surface area (Å²) in [6.07, 6.45) is 4.47. The Balaban J connectivity index is 0.000000368. The first-order valence-electron chi connectivity index (χ1n) is 12.7. The van der Waals surface area contributed by atoms with Crippen LogP contribution in [0.4, 0.5) is 8.78 Å². The molecule has 2 atom stereocenters. The van der Waals surface area contributed by atoms with Crippen molar-refractivity contribution in [1.29, 1.82) is 0 Å². The average Bonchev–Trinajstić information content (AvgIpc) is 3.49. The van der Waals surface area contributed by atoms with E-state index in [1.54, 1.807) is 0 Å². The molecule has 7 heteroatoms. The molecule has 0 aromatic heterocycles. The number of halogens is 2. The van der Waals surface area contributed by atoms with Gasteiger partial charge in [0.25, 0.3) is 0 Å². The van der Waals surface area contributed by atoms with Gasteiger partial charge in [0.1, 0.15) is 11.6 Å². The number of fused-ring (bicyclic) bond motifs is 1. The lowest BCUT2D eigenvalue weighted by Crippen LogP contribution is -2.27. The number of rotatable bonds is 9. The van der Waals surface area contributed by atoms with E-state index in [0.29, 0.717) is 17.6 Å². The molecule has 1 saturated carbocycles. The molecule has 2 unspecified atom stereocenters. The number of carboxylic acid groups (broad SMARTS) is 2. The average molecular weight is 520 g/mol. The van der Waals surface area contributed by atoms with Gasteiger partial charge < -0.3 is 15.1 Å². The number of hydrogen-bond acceptors (Lipinski definition) is 3. The molecule has 198 valence electrons. The maximum absolute atomic E-state index is 13.4. The predicted octanol–water partition coefficient (Wildman–Crippen LogP) is 5.86. The summed E-state index contributed by atoms with van der Waals surface area (Å²) in [6.45, 7) is 3.41. The monoisotopic (exact) mass is 519 g/mol. The number of nitrogens with zero attached hydrogens (tertiary/aromatic N) is 1. The molecule has 38 heavy (non-hydrogen) atoms. The largest absolute Gasteiger partial charge is 0.478 e. The van der Waals surface area contributed by atoms with Crippen molar-refractivity contribution >= 4 is 11.9 Å². The fourth-order valence-electron chi connectivity index (χ4n) is 5.55. The standard InChI is InChI=1S/C27H27F2N.C4H4O4/c28-24-12-8-20(9-13-24)26(21-10-14-25(29)15-11-21)7-4-16-30-18-23-17-27(23,19-30)22-5-2-1-3-6-22;5-3(6)1-2-4(7)8/h1-3,5-6,8-15,23,26H,4,7,16-19H2;1-2H,(H,5,6)(H,7,8)/b;2-1+. The number of carbonyl (C=O) groups is 2. The first-order valence-corrected chi connectivity index (χ1v) is 12.7. The second-order valence-electron chi connectivity index (χ2n) is 9.97. The third kappa shape index (κ3) is 6.92. The van der Waals surface area contributed by atoms with Gasteiger partial charge in [-0.25, -0.2) is 18.4 Å². The van der Waals surface area contributed by atoms with E-state index in [9.17, 15) is 18.4 Å². The Kier molecular flexibility index (Phi) is 8.69. The Morgan fingerprint density at radius 2 is 1.39 bits per heavy atom. The predicted molar refractivity (Wildman–Crippen MR) is 141 cm³/mol. The van der Waals surface area contributed by atoms with Crippen LogP contribution in [-0.4, -0.2) is 46.7 Å². The van der Waals surface area contributed by atoms with E-state index >= 15 is 0 Å². The zero-order valence-electron chi connectivity index (χ0n) is 21.0. The Bertz CT molecular complexity index is 1200. The second kappa shape index (κ2) is 12.1. The summed E-state index contributed by atoms with van der Waals surface area (Å²) < 4.78 is 26.8. The first kappa shape index (κ1) is 27.2. The number of aliphatic carboxylic acids is 2. The molecule has 5 nitrogen and oxygen atoms in total. The fourth-order valence-corrected chi connectivity index (χ4v) is 5.55. The smallest absolute Gasteiger partial charge is 0.328 e. The molecule has 0 spiro atoms. The van der Waals surface area contributed by atoms with Crippen LogP contribution in [0.25, 0.3) is 0 Å². The first-order chi connectivity index (χ1) is 18.3. The van der Waals surface area contributed by atoms with Crippen LogP contribution in [0.2, 0.25) is 0 Å². The molecule has 2 N–H and O–H groups in total. The molecule has 3 aromatic rings. The van der Waals surface area contributed by atoms with E-state index in [2.05, 4.69) is 35.2 Å². The Hall–Kier alpha value is -3.84. The van der Waals surface area contributed by atoms with Gasteiger partial charge in [-0.1, -0.05) is 54.6 Å². The van der Waals surface area contributed by atoms with Crippen molar-refractivity contribution in [3.05, 3.63) is 119 Å². The number of piperidine rings is 1. The molecular weight excluding hydrogens is 488 g/mol. The summed E-state index contributed by atoms with van der Waals surface area (Å²) in [5, 5.41) is 15.6. The van der Waals surface area contributed by atoms with E-state index < -0.39 is 11.9 Å². The van der Waals surface area contributed by atoms with Crippen molar-refractivity contribution in [2.45, 2.75) is 30.6 Å². The van der Waals surface area contributed by atoms with E-state index in [1.165, 1.54) is 42.8 Å². The van der Waals surface area contributed by atoms with Crippen LogP contribution < -0.4 is 0 Å². The Morgan fingerprint density at radius 1 is 0.868 bits per heavy atom. The minimum Gasteiger partial charge on any atom is -0.478 e.